The fourth-order valence-corrected chi connectivity index (χ4v) is 1.41. The van der Waals surface area contributed by atoms with Gasteiger partial charge in [-0.15, -0.1) is 12.4 Å². The monoisotopic (exact) mass is 258 g/mol. The number of rotatable bonds is 4. The highest BCUT2D eigenvalue weighted by Gasteiger charge is 2.31. The van der Waals surface area contributed by atoms with Crippen molar-refractivity contribution in [3.8, 4) is 0 Å². The van der Waals surface area contributed by atoms with E-state index in [1.807, 2.05) is 38.1 Å². The topological polar surface area (TPSA) is 64.3 Å². The molecule has 0 heterocycles. The zero-order chi connectivity index (χ0) is 12.2. The van der Waals surface area contributed by atoms with E-state index in [4.69, 9.17) is 10.6 Å². The minimum atomic E-state index is -0.636. The average Bonchev–Trinajstić information content (AvgIpc) is 2.29. The van der Waals surface area contributed by atoms with Crippen LogP contribution < -0.4 is 11.3 Å². The second-order valence-corrected chi connectivity index (χ2v) is 4.07. The summed E-state index contributed by atoms with van der Waals surface area (Å²) in [5.41, 5.74) is 3.62. The van der Waals surface area contributed by atoms with Crippen LogP contribution in [0.2, 0.25) is 0 Å². The molecule has 0 spiro atoms. The summed E-state index contributed by atoms with van der Waals surface area (Å²) in [7, 11) is 0. The lowest BCUT2D eigenvalue weighted by atomic mass is 9.85. The summed E-state index contributed by atoms with van der Waals surface area (Å²) in [6.45, 7) is 5.88. The van der Waals surface area contributed by atoms with E-state index in [0.29, 0.717) is 6.61 Å². The second-order valence-electron chi connectivity index (χ2n) is 4.07. The number of hydrazine groups is 1. The number of ether oxygens (including phenoxy) is 1. The van der Waals surface area contributed by atoms with Crippen LogP contribution in [0.1, 0.15) is 26.3 Å². The summed E-state index contributed by atoms with van der Waals surface area (Å²) in [5, 5.41) is 0. The van der Waals surface area contributed by atoms with Crippen LogP contribution in [0.15, 0.2) is 24.3 Å². The van der Waals surface area contributed by atoms with Gasteiger partial charge in [-0.2, -0.15) is 0 Å². The Morgan fingerprint density at radius 3 is 2.29 bits per heavy atom. The molecule has 0 amide bonds. The molecule has 4 nitrogen and oxygen atoms in total. The van der Waals surface area contributed by atoms with Gasteiger partial charge in [0.15, 0.2) is 0 Å². The molecule has 0 saturated heterocycles. The molecular formula is C12H19ClN2O2. The molecule has 0 fully saturated rings. The van der Waals surface area contributed by atoms with Crippen molar-refractivity contribution in [1.82, 2.24) is 0 Å². The summed E-state index contributed by atoms with van der Waals surface area (Å²) in [4.78, 5) is 11.8. The SMILES string of the molecule is CCOC(=O)C(C)(C)c1ccc(NN)cc1.Cl. The van der Waals surface area contributed by atoms with Crippen molar-refractivity contribution in [2.45, 2.75) is 26.2 Å². The quantitative estimate of drug-likeness (QED) is 0.494. The second kappa shape index (κ2) is 6.47. The summed E-state index contributed by atoms with van der Waals surface area (Å²) >= 11 is 0. The molecular weight excluding hydrogens is 240 g/mol. The van der Waals surface area contributed by atoms with E-state index >= 15 is 0 Å². The number of hydrogen-bond acceptors (Lipinski definition) is 4. The number of nitrogens with two attached hydrogens (primary N) is 1. The molecule has 0 aromatic heterocycles. The van der Waals surface area contributed by atoms with Gasteiger partial charge >= 0.3 is 5.97 Å². The van der Waals surface area contributed by atoms with Gasteiger partial charge in [0.2, 0.25) is 0 Å². The molecule has 0 atom stereocenters. The van der Waals surface area contributed by atoms with Gasteiger partial charge in [0.1, 0.15) is 0 Å². The lowest BCUT2D eigenvalue weighted by Crippen LogP contribution is -2.31. The molecule has 96 valence electrons. The van der Waals surface area contributed by atoms with E-state index in [1.54, 1.807) is 6.92 Å². The predicted octanol–water partition coefficient (Wildman–Crippen LogP) is 2.23. The Morgan fingerprint density at radius 1 is 1.35 bits per heavy atom. The fourth-order valence-electron chi connectivity index (χ4n) is 1.41. The third-order valence-corrected chi connectivity index (χ3v) is 2.56. The molecule has 0 radical (unpaired) electrons. The molecule has 1 rings (SSSR count). The van der Waals surface area contributed by atoms with E-state index < -0.39 is 5.41 Å². The number of hydrogen-bond donors (Lipinski definition) is 2. The highest BCUT2D eigenvalue weighted by atomic mass is 35.5. The lowest BCUT2D eigenvalue weighted by molar-refractivity contribution is -0.148. The van der Waals surface area contributed by atoms with Gasteiger partial charge < -0.3 is 10.2 Å². The van der Waals surface area contributed by atoms with Crippen molar-refractivity contribution in [3.63, 3.8) is 0 Å². The van der Waals surface area contributed by atoms with Crippen molar-refractivity contribution < 1.29 is 9.53 Å². The smallest absolute Gasteiger partial charge is 0.315 e. The Kier molecular flexibility index (Phi) is 5.99. The van der Waals surface area contributed by atoms with Gasteiger partial charge in [0.05, 0.1) is 12.0 Å². The molecule has 0 aliphatic heterocycles. The van der Waals surface area contributed by atoms with Crippen molar-refractivity contribution in [2.24, 2.45) is 5.84 Å². The molecule has 0 aliphatic rings. The van der Waals surface area contributed by atoms with E-state index in [9.17, 15) is 4.79 Å². The summed E-state index contributed by atoms with van der Waals surface area (Å²) < 4.78 is 5.04. The van der Waals surface area contributed by atoms with Crippen molar-refractivity contribution in [3.05, 3.63) is 29.8 Å². The molecule has 1 aromatic rings. The van der Waals surface area contributed by atoms with E-state index in [1.165, 1.54) is 0 Å². The van der Waals surface area contributed by atoms with Gasteiger partial charge in [-0.1, -0.05) is 12.1 Å². The number of carbonyl (C=O) groups excluding carboxylic acids is 1. The number of anilines is 1. The maximum absolute atomic E-state index is 11.8. The van der Waals surface area contributed by atoms with Gasteiger partial charge in [0, 0.05) is 5.69 Å². The van der Waals surface area contributed by atoms with Crippen molar-refractivity contribution >= 4 is 24.1 Å². The Labute approximate surface area is 108 Å². The molecule has 0 bridgehead atoms. The predicted molar refractivity (Wildman–Crippen MR) is 71.2 cm³/mol. The highest BCUT2D eigenvalue weighted by Crippen LogP contribution is 2.25. The number of halogens is 1. The van der Waals surface area contributed by atoms with Crippen molar-refractivity contribution in [1.29, 1.82) is 0 Å². The number of nitrogen functional groups attached to an aromatic ring is 1. The van der Waals surface area contributed by atoms with Gasteiger partial charge in [0.25, 0.3) is 0 Å². The summed E-state index contributed by atoms with van der Waals surface area (Å²) in [6, 6.07) is 7.39. The molecule has 1 aromatic carbocycles. The summed E-state index contributed by atoms with van der Waals surface area (Å²) in [5.74, 6) is 5.06. The Hall–Kier alpha value is -1.26. The summed E-state index contributed by atoms with van der Waals surface area (Å²) in [6.07, 6.45) is 0. The number of esters is 1. The first-order valence-electron chi connectivity index (χ1n) is 5.26. The van der Waals surface area contributed by atoms with Crippen LogP contribution in [0.4, 0.5) is 5.69 Å². The Balaban J connectivity index is 0.00000256. The van der Waals surface area contributed by atoms with Crippen LogP contribution in [0.3, 0.4) is 0 Å². The molecule has 5 heteroatoms. The zero-order valence-electron chi connectivity index (χ0n) is 10.3. The van der Waals surface area contributed by atoms with E-state index in [0.717, 1.165) is 11.3 Å². The first-order valence-corrected chi connectivity index (χ1v) is 5.26. The minimum Gasteiger partial charge on any atom is -0.465 e. The fraction of sp³-hybridized carbons (Fsp3) is 0.417. The van der Waals surface area contributed by atoms with E-state index in [-0.39, 0.29) is 18.4 Å². The van der Waals surface area contributed by atoms with Gasteiger partial charge in [-0.25, -0.2) is 0 Å². The first kappa shape index (κ1) is 15.7. The maximum atomic E-state index is 11.8. The first-order chi connectivity index (χ1) is 7.52. The third-order valence-electron chi connectivity index (χ3n) is 2.56. The van der Waals surface area contributed by atoms with Crippen LogP contribution in [0, 0.1) is 0 Å². The van der Waals surface area contributed by atoms with Crippen LogP contribution in [0.5, 0.6) is 0 Å². The van der Waals surface area contributed by atoms with Crippen LogP contribution in [-0.2, 0) is 14.9 Å². The van der Waals surface area contributed by atoms with Crippen LogP contribution in [-0.4, -0.2) is 12.6 Å². The lowest BCUT2D eigenvalue weighted by Gasteiger charge is -2.22. The van der Waals surface area contributed by atoms with Crippen LogP contribution >= 0.6 is 12.4 Å². The maximum Gasteiger partial charge on any atom is 0.315 e. The third kappa shape index (κ3) is 3.61. The standard InChI is InChI=1S/C12H18N2O2.ClH/c1-4-16-11(15)12(2,3)9-5-7-10(14-13)8-6-9;/h5-8,14H,4,13H2,1-3H3;1H. The molecule has 0 aliphatic carbocycles. The average molecular weight is 259 g/mol. The largest absolute Gasteiger partial charge is 0.465 e. The number of nitrogens with one attached hydrogen (secondary N) is 1. The highest BCUT2D eigenvalue weighted by molar-refractivity contribution is 5.85. The number of benzene rings is 1. The molecule has 3 N–H and O–H groups in total. The Morgan fingerprint density at radius 2 is 1.88 bits per heavy atom. The molecule has 17 heavy (non-hydrogen) atoms. The molecule has 0 saturated carbocycles. The zero-order valence-corrected chi connectivity index (χ0v) is 11.1. The van der Waals surface area contributed by atoms with Crippen LogP contribution in [0.25, 0.3) is 0 Å². The van der Waals surface area contributed by atoms with E-state index in [2.05, 4.69) is 5.43 Å². The van der Waals surface area contributed by atoms with Gasteiger partial charge in [-0.05, 0) is 38.5 Å². The van der Waals surface area contributed by atoms with Gasteiger partial charge in [-0.3, -0.25) is 10.6 Å². The normalized spacial score (nSPS) is 10.4. The minimum absolute atomic E-state index is 0. The number of carbonyl (C=O) groups is 1. The molecule has 0 unspecified atom stereocenters. The Bertz CT molecular complexity index is 363. The van der Waals surface area contributed by atoms with Crippen molar-refractivity contribution in [2.75, 3.05) is 12.0 Å².